The first-order valence-electron chi connectivity index (χ1n) is 12.8. The molecule has 1 fully saturated rings. The lowest BCUT2D eigenvalue weighted by Crippen LogP contribution is -2.33. The molecular weight excluding hydrogens is 456 g/mol. The maximum atomic E-state index is 13.1. The number of nitrogens with zero attached hydrogens (tertiary/aromatic N) is 5. The molecular formula is C27H34N6OS. The average Bonchev–Trinajstić information content (AvgIpc) is 3.58. The van der Waals surface area contributed by atoms with Crippen LogP contribution >= 0.6 is 11.3 Å². The van der Waals surface area contributed by atoms with E-state index in [-0.39, 0.29) is 11.6 Å². The van der Waals surface area contributed by atoms with Gasteiger partial charge in [-0.05, 0) is 76.7 Å². The van der Waals surface area contributed by atoms with Gasteiger partial charge in [0.2, 0.25) is 0 Å². The average molecular weight is 491 g/mol. The number of rotatable bonds is 9. The summed E-state index contributed by atoms with van der Waals surface area (Å²) in [6.07, 6.45) is 7.84. The van der Waals surface area contributed by atoms with Gasteiger partial charge in [0.1, 0.15) is 0 Å². The van der Waals surface area contributed by atoms with Crippen LogP contribution in [0.2, 0.25) is 0 Å². The molecule has 1 atom stereocenters. The molecule has 4 aromatic rings. The van der Waals surface area contributed by atoms with Crippen molar-refractivity contribution in [2.24, 2.45) is 0 Å². The summed E-state index contributed by atoms with van der Waals surface area (Å²) >= 11 is 1.74. The Balaban J connectivity index is 1.51. The minimum absolute atomic E-state index is 0.0195. The molecule has 0 bridgehead atoms. The largest absolute Gasteiger partial charge is 0.322 e. The summed E-state index contributed by atoms with van der Waals surface area (Å²) in [5, 5.41) is 16.3. The SMILES string of the molecule is CCc1ccc2[nH]c(=O)c(CN(Cc3cccs3)[C@@H](CC)c3nnnn3C3CCCCC3)cc2c1. The highest BCUT2D eigenvalue weighted by atomic mass is 32.1. The standard InChI is InChI=1S/C27H34N6OS/c1-3-19-12-13-24-20(15-19)16-21(27(34)28-24)17-32(18-23-11-8-14-35-23)25(4-2)26-29-30-31-33(26)22-9-6-5-7-10-22/h8,11-16,22,25H,3-7,9-10,17-18H2,1-2H3,(H,28,34)/t25-/m0/s1. The number of H-pyrrole nitrogens is 1. The zero-order valence-corrected chi connectivity index (χ0v) is 21.4. The number of pyridine rings is 1. The predicted molar refractivity (Wildman–Crippen MR) is 140 cm³/mol. The summed E-state index contributed by atoms with van der Waals surface area (Å²) in [7, 11) is 0. The molecule has 3 heterocycles. The molecule has 5 rings (SSSR count). The van der Waals surface area contributed by atoms with Crippen molar-refractivity contribution < 1.29 is 0 Å². The minimum atomic E-state index is -0.0281. The highest BCUT2D eigenvalue weighted by Crippen LogP contribution is 2.33. The Morgan fingerprint density at radius 1 is 1.14 bits per heavy atom. The second kappa shape index (κ2) is 10.8. The Morgan fingerprint density at radius 2 is 2.00 bits per heavy atom. The number of tetrazole rings is 1. The van der Waals surface area contributed by atoms with E-state index in [2.05, 4.69) is 79.7 Å². The van der Waals surface area contributed by atoms with Gasteiger partial charge < -0.3 is 4.98 Å². The number of thiophene rings is 1. The van der Waals surface area contributed by atoms with Gasteiger partial charge >= 0.3 is 0 Å². The van der Waals surface area contributed by atoms with Crippen LogP contribution in [0.1, 0.15) is 86.3 Å². The zero-order chi connectivity index (χ0) is 24.2. The maximum absolute atomic E-state index is 13.1. The van der Waals surface area contributed by atoms with Crippen LogP contribution in [0.25, 0.3) is 10.9 Å². The summed E-state index contributed by atoms with van der Waals surface area (Å²) < 4.78 is 2.08. The third-order valence-corrected chi connectivity index (χ3v) is 8.13. The molecule has 1 aliphatic rings. The number of fused-ring (bicyclic) bond motifs is 1. The first-order chi connectivity index (χ1) is 17.2. The molecule has 0 radical (unpaired) electrons. The summed E-state index contributed by atoms with van der Waals surface area (Å²) in [4.78, 5) is 19.9. The van der Waals surface area contributed by atoms with Gasteiger partial charge in [0.25, 0.3) is 5.56 Å². The fourth-order valence-electron chi connectivity index (χ4n) is 5.35. The van der Waals surface area contributed by atoms with E-state index in [9.17, 15) is 4.79 Å². The summed E-state index contributed by atoms with van der Waals surface area (Å²) in [6, 6.07) is 13.0. The molecule has 8 heteroatoms. The normalized spacial score (nSPS) is 15.7. The highest BCUT2D eigenvalue weighted by molar-refractivity contribution is 7.09. The molecule has 35 heavy (non-hydrogen) atoms. The highest BCUT2D eigenvalue weighted by Gasteiger charge is 2.29. The van der Waals surface area contributed by atoms with Crippen molar-refractivity contribution in [2.75, 3.05) is 0 Å². The molecule has 1 aliphatic carbocycles. The van der Waals surface area contributed by atoms with Gasteiger partial charge in [0, 0.05) is 29.0 Å². The van der Waals surface area contributed by atoms with Crippen LogP contribution in [0.15, 0.2) is 46.6 Å². The summed E-state index contributed by atoms with van der Waals surface area (Å²) in [5.41, 5.74) is 2.90. The molecule has 0 spiro atoms. The topological polar surface area (TPSA) is 79.7 Å². The van der Waals surface area contributed by atoms with E-state index in [1.807, 2.05) is 6.07 Å². The molecule has 1 aromatic carbocycles. The number of hydrogen-bond donors (Lipinski definition) is 1. The number of aryl methyl sites for hydroxylation is 1. The molecule has 1 saturated carbocycles. The maximum Gasteiger partial charge on any atom is 0.252 e. The Morgan fingerprint density at radius 3 is 2.74 bits per heavy atom. The molecule has 0 saturated heterocycles. The van der Waals surface area contributed by atoms with Crippen molar-refractivity contribution >= 4 is 22.2 Å². The van der Waals surface area contributed by atoms with Crippen LogP contribution in [-0.2, 0) is 19.5 Å². The van der Waals surface area contributed by atoms with Crippen molar-refractivity contribution in [2.45, 2.75) is 84.0 Å². The smallest absolute Gasteiger partial charge is 0.252 e. The lowest BCUT2D eigenvalue weighted by molar-refractivity contribution is 0.157. The van der Waals surface area contributed by atoms with Crippen LogP contribution in [0.5, 0.6) is 0 Å². The minimum Gasteiger partial charge on any atom is -0.322 e. The predicted octanol–water partition coefficient (Wildman–Crippen LogP) is 5.80. The molecule has 0 amide bonds. The van der Waals surface area contributed by atoms with Crippen molar-refractivity contribution in [3.05, 3.63) is 74.0 Å². The molecule has 3 aromatic heterocycles. The number of aromatic amines is 1. The number of benzene rings is 1. The van der Waals surface area contributed by atoms with Gasteiger partial charge in [-0.1, -0.05) is 45.2 Å². The van der Waals surface area contributed by atoms with Gasteiger partial charge in [0.05, 0.1) is 12.1 Å². The first-order valence-corrected chi connectivity index (χ1v) is 13.7. The van der Waals surface area contributed by atoms with Gasteiger partial charge in [-0.2, -0.15) is 0 Å². The van der Waals surface area contributed by atoms with Crippen molar-refractivity contribution in [1.29, 1.82) is 0 Å². The molecule has 0 aliphatic heterocycles. The number of aromatic nitrogens is 5. The van der Waals surface area contributed by atoms with Crippen LogP contribution in [0, 0.1) is 0 Å². The lowest BCUT2D eigenvalue weighted by Gasteiger charge is -2.31. The second-order valence-corrected chi connectivity index (χ2v) is 10.6. The second-order valence-electron chi connectivity index (χ2n) is 9.58. The van der Waals surface area contributed by atoms with Crippen molar-refractivity contribution in [3.63, 3.8) is 0 Å². The van der Waals surface area contributed by atoms with Crippen LogP contribution in [0.4, 0.5) is 0 Å². The van der Waals surface area contributed by atoms with Crippen molar-refractivity contribution in [1.82, 2.24) is 30.1 Å². The van der Waals surface area contributed by atoms with Gasteiger partial charge in [-0.3, -0.25) is 9.69 Å². The van der Waals surface area contributed by atoms with Crippen molar-refractivity contribution in [3.8, 4) is 0 Å². The van der Waals surface area contributed by atoms with E-state index in [1.54, 1.807) is 11.3 Å². The van der Waals surface area contributed by atoms with Gasteiger partial charge in [0.15, 0.2) is 5.82 Å². The van der Waals surface area contributed by atoms with E-state index < -0.39 is 0 Å². The fourth-order valence-corrected chi connectivity index (χ4v) is 6.08. The Kier molecular flexibility index (Phi) is 7.39. The van der Waals surface area contributed by atoms with Crippen LogP contribution in [0.3, 0.4) is 0 Å². The van der Waals surface area contributed by atoms with E-state index >= 15 is 0 Å². The molecule has 184 valence electrons. The summed E-state index contributed by atoms with van der Waals surface area (Å²) in [6.45, 7) is 5.62. The van der Waals surface area contributed by atoms with E-state index in [0.29, 0.717) is 12.6 Å². The van der Waals surface area contributed by atoms with E-state index in [0.717, 1.165) is 54.5 Å². The third kappa shape index (κ3) is 5.23. The Labute approximate surface area is 210 Å². The van der Waals surface area contributed by atoms with Gasteiger partial charge in [-0.15, -0.1) is 16.4 Å². The van der Waals surface area contributed by atoms with E-state index in [4.69, 9.17) is 0 Å². The lowest BCUT2D eigenvalue weighted by atomic mass is 9.95. The Bertz CT molecular complexity index is 1300. The number of nitrogens with one attached hydrogen (secondary N) is 1. The van der Waals surface area contributed by atoms with Crippen LogP contribution in [-0.4, -0.2) is 30.1 Å². The monoisotopic (exact) mass is 490 g/mol. The fraction of sp³-hybridized carbons (Fsp3) is 0.481. The number of hydrogen-bond acceptors (Lipinski definition) is 6. The Hall–Kier alpha value is -2.84. The zero-order valence-electron chi connectivity index (χ0n) is 20.6. The molecule has 0 unspecified atom stereocenters. The quantitative estimate of drug-likeness (QED) is 0.321. The summed E-state index contributed by atoms with van der Waals surface area (Å²) in [5.74, 6) is 0.918. The third-order valence-electron chi connectivity index (χ3n) is 7.27. The molecule has 7 nitrogen and oxygen atoms in total. The van der Waals surface area contributed by atoms with Gasteiger partial charge in [-0.25, -0.2) is 4.68 Å². The molecule has 1 N–H and O–H groups in total. The van der Waals surface area contributed by atoms with E-state index in [1.165, 1.54) is 29.7 Å². The first kappa shape index (κ1) is 23.9. The van der Waals surface area contributed by atoms with Crippen LogP contribution < -0.4 is 5.56 Å².